The minimum Gasteiger partial charge on any atom is -0.473 e. The zero-order valence-corrected chi connectivity index (χ0v) is 25.0. The average molecular weight is 643 g/mol. The van der Waals surface area contributed by atoms with E-state index in [1.165, 1.54) is 0 Å². The quantitative estimate of drug-likeness (QED) is 0.147. The van der Waals surface area contributed by atoms with Crippen molar-refractivity contribution in [3.63, 3.8) is 0 Å². The van der Waals surface area contributed by atoms with Gasteiger partial charge in [-0.3, -0.25) is 4.57 Å². The lowest BCUT2D eigenvalue weighted by Crippen LogP contribution is -2.11. The molecule has 45 heavy (non-hydrogen) atoms. The highest BCUT2D eigenvalue weighted by Crippen LogP contribution is 2.35. The number of nitrogens with zero attached hydrogens (tertiary/aromatic N) is 4. The van der Waals surface area contributed by atoms with Gasteiger partial charge in [0, 0.05) is 28.5 Å². The summed E-state index contributed by atoms with van der Waals surface area (Å²) < 4.78 is 24.8. The topological polar surface area (TPSA) is 115 Å². The lowest BCUT2D eigenvalue weighted by atomic mass is 10.2. The third-order valence-electron chi connectivity index (χ3n) is 6.68. The Kier molecular flexibility index (Phi) is 9.04. The van der Waals surface area contributed by atoms with Gasteiger partial charge in [0.15, 0.2) is 30.2 Å². The van der Waals surface area contributed by atoms with Gasteiger partial charge in [-0.2, -0.15) is 4.98 Å². The van der Waals surface area contributed by atoms with Crippen LogP contribution in [0.3, 0.4) is 0 Å². The average Bonchev–Trinajstić information content (AvgIpc) is 3.72. The first-order chi connectivity index (χ1) is 21.9. The highest BCUT2D eigenvalue weighted by Gasteiger charge is 2.32. The summed E-state index contributed by atoms with van der Waals surface area (Å²) >= 11 is 11.9. The molecule has 10 nitrogen and oxygen atoms in total. The second-order valence-corrected chi connectivity index (χ2v) is 10.7. The van der Waals surface area contributed by atoms with Crippen LogP contribution in [0.25, 0.3) is 11.5 Å². The first-order valence-electron chi connectivity index (χ1n) is 13.7. The Morgan fingerprint density at radius 2 is 1.53 bits per heavy atom. The Morgan fingerprint density at radius 1 is 0.844 bits per heavy atom. The normalized spacial score (nSPS) is 14.1. The van der Waals surface area contributed by atoms with Crippen molar-refractivity contribution < 1.29 is 28.5 Å². The summed E-state index contributed by atoms with van der Waals surface area (Å²) in [6.07, 6.45) is 4.37. The van der Waals surface area contributed by atoms with Crippen molar-refractivity contribution in [2.45, 2.75) is 19.3 Å². The second-order valence-electron chi connectivity index (χ2n) is 9.80. The molecule has 0 aliphatic carbocycles. The molecule has 0 bridgehead atoms. The Labute approximate surface area is 267 Å². The fourth-order valence-corrected chi connectivity index (χ4v) is 4.62. The molecule has 0 saturated carbocycles. The van der Waals surface area contributed by atoms with Gasteiger partial charge in [0.05, 0.1) is 23.9 Å². The van der Waals surface area contributed by atoms with Crippen LogP contribution < -0.4 is 4.74 Å². The van der Waals surface area contributed by atoms with Crippen LogP contribution in [0.2, 0.25) is 10.0 Å². The number of imidazole rings is 1. The van der Waals surface area contributed by atoms with Crippen LogP contribution in [0.1, 0.15) is 38.9 Å². The van der Waals surface area contributed by atoms with Crippen LogP contribution in [0, 0.1) is 0 Å². The summed E-state index contributed by atoms with van der Waals surface area (Å²) in [6.45, 7) is 0.0862. The Balaban J connectivity index is 1.17. The van der Waals surface area contributed by atoms with Gasteiger partial charge in [0.25, 0.3) is 0 Å². The van der Waals surface area contributed by atoms with Crippen molar-refractivity contribution in [3.8, 4) is 17.4 Å². The smallest absolute Gasteiger partial charge is 0.343 e. The highest BCUT2D eigenvalue weighted by molar-refractivity contribution is 6.31. The predicted molar refractivity (Wildman–Crippen MR) is 164 cm³/mol. The molecular weight excluding hydrogens is 619 g/mol. The molecule has 1 atom stereocenters. The molecule has 0 radical (unpaired) electrons. The number of hydrogen-bond donors (Lipinski definition) is 0. The molecule has 0 N–H and O–H groups in total. The predicted octanol–water partition coefficient (Wildman–Crippen LogP) is 7.07. The van der Waals surface area contributed by atoms with Crippen LogP contribution in [-0.4, -0.2) is 38.1 Å². The number of halogens is 2. The van der Waals surface area contributed by atoms with E-state index in [1.54, 1.807) is 77.9 Å². The van der Waals surface area contributed by atoms with Crippen molar-refractivity contribution in [1.29, 1.82) is 0 Å². The van der Waals surface area contributed by atoms with Gasteiger partial charge in [0.2, 0.25) is 5.88 Å². The number of esters is 2. The standard InChI is InChI=1S/C33H24Cl2N4O6/c34-24-10-6-22(7-11-24)32(40)43-19-28-27(45-33(41)23-8-12-25(35)13-9-23)16-30(44-28)39-17-26(37-20-39)31-36-15-14-29(38-31)42-18-21-4-2-1-3-5-21/h1-15,17,20,30H,16,18-19H2/t30-/m1/s1. The lowest BCUT2D eigenvalue weighted by Gasteiger charge is -2.13. The van der Waals surface area contributed by atoms with Gasteiger partial charge in [-0.1, -0.05) is 53.5 Å². The van der Waals surface area contributed by atoms with E-state index in [0.717, 1.165) is 5.56 Å². The summed E-state index contributed by atoms with van der Waals surface area (Å²) in [5.41, 5.74) is 2.09. The van der Waals surface area contributed by atoms with E-state index in [0.29, 0.717) is 45.2 Å². The third-order valence-corrected chi connectivity index (χ3v) is 7.19. The molecule has 3 heterocycles. The number of benzene rings is 3. The minimum atomic E-state index is -0.652. The number of rotatable bonds is 10. The van der Waals surface area contributed by atoms with E-state index in [1.807, 2.05) is 30.3 Å². The molecule has 3 aromatic carbocycles. The molecule has 226 valence electrons. The monoisotopic (exact) mass is 642 g/mol. The van der Waals surface area contributed by atoms with Crippen molar-refractivity contribution in [2.75, 3.05) is 6.61 Å². The van der Waals surface area contributed by atoms with Gasteiger partial charge < -0.3 is 18.9 Å². The van der Waals surface area contributed by atoms with Crippen LogP contribution >= 0.6 is 23.2 Å². The fraction of sp³-hybridized carbons (Fsp3) is 0.121. The lowest BCUT2D eigenvalue weighted by molar-refractivity contribution is 0.0320. The Hall–Kier alpha value is -5.19. The zero-order valence-electron chi connectivity index (χ0n) is 23.5. The Bertz CT molecular complexity index is 1840. The van der Waals surface area contributed by atoms with E-state index in [4.69, 9.17) is 42.1 Å². The maximum absolute atomic E-state index is 12.9. The van der Waals surface area contributed by atoms with Crippen LogP contribution in [0.4, 0.5) is 0 Å². The Morgan fingerprint density at radius 3 is 2.24 bits per heavy atom. The van der Waals surface area contributed by atoms with E-state index in [2.05, 4.69) is 15.0 Å². The molecule has 0 saturated heterocycles. The largest absolute Gasteiger partial charge is 0.473 e. The number of aromatic nitrogens is 4. The number of carbonyl (C=O) groups excluding carboxylic acids is 2. The molecule has 5 aromatic rings. The van der Waals surface area contributed by atoms with Gasteiger partial charge in [-0.25, -0.2) is 19.6 Å². The number of ether oxygens (including phenoxy) is 4. The number of hydrogen-bond acceptors (Lipinski definition) is 9. The van der Waals surface area contributed by atoms with E-state index in [9.17, 15) is 9.59 Å². The molecule has 0 unspecified atom stereocenters. The summed E-state index contributed by atoms with van der Waals surface area (Å²) in [5, 5.41) is 0.974. The molecule has 1 aliphatic heterocycles. The minimum absolute atomic E-state index is 0.157. The van der Waals surface area contributed by atoms with Crippen LogP contribution in [0.5, 0.6) is 5.88 Å². The van der Waals surface area contributed by atoms with E-state index >= 15 is 0 Å². The number of carbonyl (C=O) groups is 2. The molecule has 0 fully saturated rings. The molecular formula is C33H24Cl2N4O6. The van der Waals surface area contributed by atoms with Crippen molar-refractivity contribution >= 4 is 35.1 Å². The first-order valence-corrected chi connectivity index (χ1v) is 14.5. The second kappa shape index (κ2) is 13.6. The third kappa shape index (κ3) is 7.49. The maximum atomic E-state index is 12.9. The molecule has 0 amide bonds. The zero-order chi connectivity index (χ0) is 31.2. The summed E-state index contributed by atoms with van der Waals surface area (Å²) in [5.74, 6) is -0.0419. The SMILES string of the molecule is O=C(OCC1=C(OC(=O)c2ccc(Cl)cc2)C[C@H](n2cnc(-c3nccc(OCc4ccccc4)n3)c2)O1)c1ccc(Cl)cc1. The molecule has 12 heteroatoms. The van der Waals surface area contributed by atoms with E-state index in [-0.39, 0.29) is 24.5 Å². The van der Waals surface area contributed by atoms with Crippen molar-refractivity contribution in [1.82, 2.24) is 19.5 Å². The van der Waals surface area contributed by atoms with Gasteiger partial charge >= 0.3 is 11.9 Å². The summed E-state index contributed by atoms with van der Waals surface area (Å²) in [6, 6.07) is 24.0. The molecule has 1 aliphatic rings. The molecule has 0 spiro atoms. The summed E-state index contributed by atoms with van der Waals surface area (Å²) in [7, 11) is 0. The van der Waals surface area contributed by atoms with Crippen LogP contribution in [0.15, 0.2) is 115 Å². The van der Waals surface area contributed by atoms with Gasteiger partial charge in [-0.05, 0) is 54.1 Å². The van der Waals surface area contributed by atoms with Crippen molar-refractivity contribution in [2.24, 2.45) is 0 Å². The molecule has 6 rings (SSSR count). The summed E-state index contributed by atoms with van der Waals surface area (Å²) in [4.78, 5) is 38.9. The van der Waals surface area contributed by atoms with Gasteiger partial charge in [0.1, 0.15) is 12.3 Å². The highest BCUT2D eigenvalue weighted by atomic mass is 35.5. The van der Waals surface area contributed by atoms with E-state index < -0.39 is 18.2 Å². The fourth-order valence-electron chi connectivity index (χ4n) is 4.37. The van der Waals surface area contributed by atoms with Gasteiger partial charge in [-0.15, -0.1) is 0 Å². The first kappa shape index (κ1) is 29.9. The maximum Gasteiger partial charge on any atom is 0.343 e. The van der Waals surface area contributed by atoms with Crippen molar-refractivity contribution in [3.05, 3.63) is 142 Å². The molecule has 2 aromatic heterocycles. The van der Waals surface area contributed by atoms with Crippen LogP contribution in [-0.2, 0) is 20.8 Å².